The molecule has 2 rings (SSSR count). The molecular weight excluding hydrogens is 190 g/mol. The van der Waals surface area contributed by atoms with E-state index in [0.717, 1.165) is 31.6 Å². The molecular formula is C11H15N3O. The van der Waals surface area contributed by atoms with Crippen LogP contribution in [0.1, 0.15) is 31.4 Å². The molecule has 4 heteroatoms. The Labute approximate surface area is 89.3 Å². The molecule has 1 fully saturated rings. The van der Waals surface area contributed by atoms with Crippen LogP contribution >= 0.6 is 0 Å². The maximum atomic E-state index is 11.3. The number of hydrogen-bond acceptors (Lipinski definition) is 3. The Balaban J connectivity index is 2.08. The van der Waals surface area contributed by atoms with Gasteiger partial charge in [-0.3, -0.25) is 14.8 Å². The third-order valence-corrected chi connectivity index (χ3v) is 2.87. The molecule has 1 atom stereocenters. The maximum absolute atomic E-state index is 11.3. The highest BCUT2D eigenvalue weighted by molar-refractivity contribution is 5.73. The zero-order valence-corrected chi connectivity index (χ0v) is 8.89. The first-order valence-corrected chi connectivity index (χ1v) is 5.29. The molecule has 80 valence electrons. The van der Waals surface area contributed by atoms with E-state index in [1.807, 2.05) is 4.90 Å². The van der Waals surface area contributed by atoms with E-state index in [0.29, 0.717) is 5.92 Å². The normalized spacial score (nSPS) is 21.4. The molecule has 1 aliphatic heterocycles. The Bertz CT molecular complexity index is 339. The number of rotatable bonds is 1. The van der Waals surface area contributed by atoms with Gasteiger partial charge in [-0.25, -0.2) is 0 Å². The van der Waals surface area contributed by atoms with Gasteiger partial charge in [0.2, 0.25) is 5.91 Å². The predicted molar refractivity (Wildman–Crippen MR) is 56.3 cm³/mol. The standard InChI is InChI=1S/C11H15N3O/c1-9(15)14-6-2-3-10(8-14)11-7-12-4-5-13-11/h4-5,7,10H,2-3,6,8H2,1H3. The fourth-order valence-electron chi connectivity index (χ4n) is 2.03. The van der Waals surface area contributed by atoms with Crippen LogP contribution in [0.15, 0.2) is 18.6 Å². The van der Waals surface area contributed by atoms with E-state index in [2.05, 4.69) is 9.97 Å². The first-order chi connectivity index (χ1) is 7.27. The summed E-state index contributed by atoms with van der Waals surface area (Å²) in [5, 5.41) is 0. The molecule has 0 aromatic carbocycles. The molecule has 2 heterocycles. The van der Waals surface area contributed by atoms with Gasteiger partial charge in [-0.05, 0) is 12.8 Å². The minimum atomic E-state index is 0.156. The molecule has 1 unspecified atom stereocenters. The molecule has 1 aliphatic rings. The van der Waals surface area contributed by atoms with E-state index in [9.17, 15) is 4.79 Å². The van der Waals surface area contributed by atoms with E-state index in [1.54, 1.807) is 25.5 Å². The van der Waals surface area contributed by atoms with Crippen LogP contribution in [0.4, 0.5) is 0 Å². The van der Waals surface area contributed by atoms with Crippen molar-refractivity contribution in [2.24, 2.45) is 0 Å². The molecule has 1 saturated heterocycles. The SMILES string of the molecule is CC(=O)N1CCCC(c2cnccn2)C1. The Hall–Kier alpha value is -1.45. The first kappa shape index (κ1) is 10.1. The molecule has 4 nitrogen and oxygen atoms in total. The largest absolute Gasteiger partial charge is 0.342 e. The number of aromatic nitrogens is 2. The Kier molecular flexibility index (Phi) is 2.94. The van der Waals surface area contributed by atoms with Crippen LogP contribution in [0.2, 0.25) is 0 Å². The Morgan fingerprint density at radius 1 is 1.53 bits per heavy atom. The molecule has 0 aliphatic carbocycles. The zero-order chi connectivity index (χ0) is 10.7. The molecule has 0 N–H and O–H groups in total. The Morgan fingerprint density at radius 2 is 2.40 bits per heavy atom. The highest BCUT2D eigenvalue weighted by atomic mass is 16.2. The average Bonchev–Trinajstić information content (AvgIpc) is 2.30. The highest BCUT2D eigenvalue weighted by Crippen LogP contribution is 2.24. The Morgan fingerprint density at radius 3 is 3.07 bits per heavy atom. The molecule has 0 saturated carbocycles. The monoisotopic (exact) mass is 205 g/mol. The van der Waals surface area contributed by atoms with Crippen LogP contribution in [0.5, 0.6) is 0 Å². The van der Waals surface area contributed by atoms with Gasteiger partial charge in [-0.15, -0.1) is 0 Å². The van der Waals surface area contributed by atoms with Crippen LogP contribution in [0, 0.1) is 0 Å². The van der Waals surface area contributed by atoms with Crippen LogP contribution in [0.3, 0.4) is 0 Å². The fourth-order valence-corrected chi connectivity index (χ4v) is 2.03. The number of carbonyl (C=O) groups is 1. The van der Waals surface area contributed by atoms with Crippen molar-refractivity contribution in [2.45, 2.75) is 25.7 Å². The second-order valence-electron chi connectivity index (χ2n) is 3.93. The lowest BCUT2D eigenvalue weighted by molar-refractivity contribution is -0.130. The number of amides is 1. The van der Waals surface area contributed by atoms with E-state index in [4.69, 9.17) is 0 Å². The zero-order valence-electron chi connectivity index (χ0n) is 8.89. The summed E-state index contributed by atoms with van der Waals surface area (Å²) in [5.41, 5.74) is 1.00. The minimum Gasteiger partial charge on any atom is -0.342 e. The van der Waals surface area contributed by atoms with Crippen LogP contribution in [-0.2, 0) is 4.79 Å². The molecule has 1 aromatic heterocycles. The van der Waals surface area contributed by atoms with Crippen LogP contribution < -0.4 is 0 Å². The van der Waals surface area contributed by atoms with Crippen molar-refractivity contribution in [2.75, 3.05) is 13.1 Å². The number of likely N-dealkylation sites (tertiary alicyclic amines) is 1. The number of carbonyl (C=O) groups excluding carboxylic acids is 1. The van der Waals surface area contributed by atoms with Crippen molar-refractivity contribution >= 4 is 5.91 Å². The summed E-state index contributed by atoms with van der Waals surface area (Å²) in [6, 6.07) is 0. The van der Waals surface area contributed by atoms with Gasteiger partial charge >= 0.3 is 0 Å². The quantitative estimate of drug-likeness (QED) is 0.692. The first-order valence-electron chi connectivity index (χ1n) is 5.29. The van der Waals surface area contributed by atoms with E-state index in [-0.39, 0.29) is 5.91 Å². The summed E-state index contributed by atoms with van der Waals surface area (Å²) in [4.78, 5) is 21.5. The average molecular weight is 205 g/mol. The van der Waals surface area contributed by atoms with Crippen molar-refractivity contribution in [1.82, 2.24) is 14.9 Å². The van der Waals surface area contributed by atoms with Gasteiger partial charge in [0.25, 0.3) is 0 Å². The number of hydrogen-bond donors (Lipinski definition) is 0. The molecule has 0 bridgehead atoms. The predicted octanol–water partition coefficient (Wildman–Crippen LogP) is 1.20. The second kappa shape index (κ2) is 4.38. The summed E-state index contributed by atoms with van der Waals surface area (Å²) < 4.78 is 0. The highest BCUT2D eigenvalue weighted by Gasteiger charge is 2.23. The van der Waals surface area contributed by atoms with E-state index in [1.165, 1.54) is 0 Å². The van der Waals surface area contributed by atoms with Crippen molar-refractivity contribution in [3.05, 3.63) is 24.3 Å². The minimum absolute atomic E-state index is 0.156. The third-order valence-electron chi connectivity index (χ3n) is 2.87. The lowest BCUT2D eigenvalue weighted by Gasteiger charge is -2.31. The lowest BCUT2D eigenvalue weighted by atomic mass is 9.95. The van der Waals surface area contributed by atoms with Gasteiger partial charge in [-0.2, -0.15) is 0 Å². The topological polar surface area (TPSA) is 46.1 Å². The van der Waals surface area contributed by atoms with Crippen molar-refractivity contribution in [3.63, 3.8) is 0 Å². The van der Waals surface area contributed by atoms with Crippen LogP contribution in [0.25, 0.3) is 0 Å². The van der Waals surface area contributed by atoms with Gasteiger partial charge in [0.15, 0.2) is 0 Å². The molecule has 15 heavy (non-hydrogen) atoms. The molecule has 1 aromatic rings. The smallest absolute Gasteiger partial charge is 0.219 e. The van der Waals surface area contributed by atoms with Gasteiger partial charge in [0.05, 0.1) is 5.69 Å². The van der Waals surface area contributed by atoms with Crippen molar-refractivity contribution < 1.29 is 4.79 Å². The van der Waals surface area contributed by atoms with E-state index < -0.39 is 0 Å². The molecule has 0 radical (unpaired) electrons. The summed E-state index contributed by atoms with van der Waals surface area (Å²) in [6.07, 6.45) is 7.34. The number of nitrogens with zero attached hydrogens (tertiary/aromatic N) is 3. The summed E-state index contributed by atoms with van der Waals surface area (Å²) in [7, 11) is 0. The molecule has 0 spiro atoms. The van der Waals surface area contributed by atoms with Crippen molar-refractivity contribution in [1.29, 1.82) is 0 Å². The summed E-state index contributed by atoms with van der Waals surface area (Å²) >= 11 is 0. The van der Waals surface area contributed by atoms with Gasteiger partial charge < -0.3 is 4.90 Å². The van der Waals surface area contributed by atoms with Crippen LogP contribution in [-0.4, -0.2) is 33.9 Å². The van der Waals surface area contributed by atoms with Gasteiger partial charge in [0, 0.05) is 44.5 Å². The lowest BCUT2D eigenvalue weighted by Crippen LogP contribution is -2.37. The fraction of sp³-hybridized carbons (Fsp3) is 0.545. The third kappa shape index (κ3) is 2.32. The van der Waals surface area contributed by atoms with Gasteiger partial charge in [0.1, 0.15) is 0 Å². The second-order valence-corrected chi connectivity index (χ2v) is 3.93. The van der Waals surface area contributed by atoms with E-state index >= 15 is 0 Å². The van der Waals surface area contributed by atoms with Gasteiger partial charge in [-0.1, -0.05) is 0 Å². The number of piperidine rings is 1. The van der Waals surface area contributed by atoms with Crippen molar-refractivity contribution in [3.8, 4) is 0 Å². The molecule has 1 amide bonds. The maximum Gasteiger partial charge on any atom is 0.219 e. The summed E-state index contributed by atoms with van der Waals surface area (Å²) in [6.45, 7) is 3.29. The summed E-state index contributed by atoms with van der Waals surface area (Å²) in [5.74, 6) is 0.514.